The highest BCUT2D eigenvalue weighted by Gasteiger charge is 2.23. The van der Waals surface area contributed by atoms with Gasteiger partial charge in [0.1, 0.15) is 0 Å². The summed E-state index contributed by atoms with van der Waals surface area (Å²) < 4.78 is 24.9. The van der Waals surface area contributed by atoms with Crippen LogP contribution < -0.4 is 5.56 Å². The van der Waals surface area contributed by atoms with Gasteiger partial charge in [0.05, 0.1) is 17.5 Å². The molecule has 1 aliphatic heterocycles. The van der Waals surface area contributed by atoms with Crippen LogP contribution in [0.15, 0.2) is 59.4 Å². The van der Waals surface area contributed by atoms with E-state index >= 15 is 0 Å². The Morgan fingerprint density at radius 3 is 2.34 bits per heavy atom. The summed E-state index contributed by atoms with van der Waals surface area (Å²) >= 11 is 0. The fraction of sp³-hybridized carbons (Fsp3) is 0.261. The summed E-state index contributed by atoms with van der Waals surface area (Å²) in [5.41, 5.74) is 4.26. The van der Waals surface area contributed by atoms with Crippen LogP contribution in [0.5, 0.6) is 0 Å². The molecule has 3 heterocycles. The molecule has 168 valence electrons. The molecule has 2 aromatic heterocycles. The smallest absolute Gasteiger partial charge is 0.257 e. The van der Waals surface area contributed by atoms with Gasteiger partial charge < -0.3 is 9.97 Å². The molecule has 1 fully saturated rings. The number of benzene rings is 2. The second-order valence-corrected chi connectivity index (χ2v) is 10.1. The molecule has 9 heteroatoms. The summed E-state index contributed by atoms with van der Waals surface area (Å²) in [6.07, 6.45) is 1.26. The van der Waals surface area contributed by atoms with Crippen molar-refractivity contribution >= 4 is 44.2 Å². The Labute approximate surface area is 192 Å². The summed E-state index contributed by atoms with van der Waals surface area (Å²) in [4.78, 5) is 21.2. The number of pyridine rings is 1. The van der Waals surface area contributed by atoms with Crippen molar-refractivity contribution in [3.8, 4) is 11.3 Å². The predicted octanol–water partition coefficient (Wildman–Crippen LogP) is 3.18. The van der Waals surface area contributed by atoms with Crippen LogP contribution in [-0.2, 0) is 16.6 Å². The first-order chi connectivity index (χ1) is 14.9. The van der Waals surface area contributed by atoms with Crippen LogP contribution in [0.1, 0.15) is 5.56 Å². The van der Waals surface area contributed by atoms with Gasteiger partial charge in [-0.25, -0.2) is 8.42 Å². The molecule has 2 N–H and O–H groups in total. The van der Waals surface area contributed by atoms with Crippen molar-refractivity contribution in [2.24, 2.45) is 0 Å². The molecule has 0 aliphatic carbocycles. The van der Waals surface area contributed by atoms with E-state index in [1.165, 1.54) is 16.1 Å². The molecular weight excluding hydrogens is 448 g/mol. The fourth-order valence-electron chi connectivity index (χ4n) is 4.25. The van der Waals surface area contributed by atoms with E-state index in [9.17, 15) is 13.2 Å². The van der Waals surface area contributed by atoms with Crippen LogP contribution in [0.3, 0.4) is 0 Å². The van der Waals surface area contributed by atoms with Gasteiger partial charge in [-0.05, 0) is 41.3 Å². The van der Waals surface area contributed by atoms with E-state index in [0.29, 0.717) is 18.7 Å². The number of hydrogen-bond acceptors (Lipinski definition) is 4. The molecule has 7 nitrogen and oxygen atoms in total. The van der Waals surface area contributed by atoms with Gasteiger partial charge in [0.25, 0.3) is 5.56 Å². The predicted molar refractivity (Wildman–Crippen MR) is 131 cm³/mol. The number of halogens is 1. The molecule has 1 aliphatic rings. The molecule has 0 atom stereocenters. The lowest BCUT2D eigenvalue weighted by atomic mass is 10.1. The van der Waals surface area contributed by atoms with Gasteiger partial charge >= 0.3 is 0 Å². The van der Waals surface area contributed by atoms with Crippen molar-refractivity contribution in [1.29, 1.82) is 0 Å². The maximum Gasteiger partial charge on any atom is 0.257 e. The van der Waals surface area contributed by atoms with Gasteiger partial charge in [-0.1, -0.05) is 24.3 Å². The number of nitrogens with zero attached hydrogens (tertiary/aromatic N) is 2. The average molecular weight is 473 g/mol. The summed E-state index contributed by atoms with van der Waals surface area (Å²) in [6, 6.07) is 17.9. The van der Waals surface area contributed by atoms with E-state index in [4.69, 9.17) is 0 Å². The first kappa shape index (κ1) is 22.5. The highest BCUT2D eigenvalue weighted by molar-refractivity contribution is 7.88. The molecule has 0 radical (unpaired) electrons. The van der Waals surface area contributed by atoms with E-state index in [0.717, 1.165) is 47.1 Å². The third-order valence-corrected chi connectivity index (χ3v) is 7.24. The highest BCUT2D eigenvalue weighted by Crippen LogP contribution is 2.25. The number of aromatic amines is 2. The molecule has 5 rings (SSSR count). The Morgan fingerprint density at radius 1 is 0.875 bits per heavy atom. The normalized spacial score (nSPS) is 15.8. The van der Waals surface area contributed by atoms with Gasteiger partial charge in [0.15, 0.2) is 0 Å². The number of piperazine rings is 1. The molecule has 0 amide bonds. The largest absolute Gasteiger partial charge is 0.354 e. The second kappa shape index (κ2) is 8.71. The summed E-state index contributed by atoms with van der Waals surface area (Å²) in [5, 5.41) is 2.04. The number of para-hydroxylation sites is 1. The lowest BCUT2D eigenvalue weighted by Gasteiger charge is -2.33. The fourth-order valence-corrected chi connectivity index (χ4v) is 5.08. The van der Waals surface area contributed by atoms with Crippen molar-refractivity contribution in [3.05, 3.63) is 70.5 Å². The number of nitrogens with one attached hydrogen (secondary N) is 2. The topological polar surface area (TPSA) is 89.3 Å². The lowest BCUT2D eigenvalue weighted by molar-refractivity contribution is 0.182. The Morgan fingerprint density at radius 2 is 1.59 bits per heavy atom. The van der Waals surface area contributed by atoms with Crippen LogP contribution in [0, 0.1) is 0 Å². The Hall–Kier alpha value is -2.65. The molecule has 0 saturated carbocycles. The van der Waals surface area contributed by atoms with Crippen LogP contribution in [0.2, 0.25) is 0 Å². The minimum Gasteiger partial charge on any atom is -0.354 e. The van der Waals surface area contributed by atoms with E-state index < -0.39 is 10.0 Å². The van der Waals surface area contributed by atoms with Crippen LogP contribution in [0.4, 0.5) is 0 Å². The third kappa shape index (κ3) is 4.45. The average Bonchev–Trinajstić information content (AvgIpc) is 3.16. The zero-order chi connectivity index (χ0) is 21.6. The number of fused-ring (bicyclic) bond motifs is 2. The molecule has 0 bridgehead atoms. The van der Waals surface area contributed by atoms with Gasteiger partial charge in [0, 0.05) is 49.1 Å². The maximum absolute atomic E-state index is 12.6. The molecule has 32 heavy (non-hydrogen) atoms. The monoisotopic (exact) mass is 472 g/mol. The van der Waals surface area contributed by atoms with Crippen molar-refractivity contribution in [1.82, 2.24) is 19.2 Å². The van der Waals surface area contributed by atoms with E-state index in [1.807, 2.05) is 42.5 Å². The first-order valence-corrected chi connectivity index (χ1v) is 12.1. The molecule has 4 aromatic rings. The molecular formula is C23H25ClN4O3S. The van der Waals surface area contributed by atoms with Crippen LogP contribution in [0.25, 0.3) is 33.1 Å². The Balaban J connectivity index is 0.00000245. The first-order valence-electron chi connectivity index (χ1n) is 10.3. The van der Waals surface area contributed by atoms with Crippen molar-refractivity contribution in [2.75, 3.05) is 32.4 Å². The quantitative estimate of drug-likeness (QED) is 0.477. The Bertz CT molecular complexity index is 1440. The minimum atomic E-state index is -3.12. The molecule has 1 saturated heterocycles. The van der Waals surface area contributed by atoms with E-state index in [1.54, 1.807) is 0 Å². The molecule has 0 spiro atoms. The SMILES string of the molecule is CS(=O)(=O)N1CCN(Cc2ccc3[nH]c(-c4cc5ccccc5[nH]c4=O)cc3c2)CC1.Cl. The second-order valence-electron chi connectivity index (χ2n) is 8.14. The van der Waals surface area contributed by atoms with Crippen molar-refractivity contribution in [3.63, 3.8) is 0 Å². The van der Waals surface area contributed by atoms with Gasteiger partial charge in [-0.15, -0.1) is 12.4 Å². The number of H-pyrrole nitrogens is 2. The highest BCUT2D eigenvalue weighted by atomic mass is 35.5. The zero-order valence-electron chi connectivity index (χ0n) is 17.7. The number of rotatable bonds is 4. The van der Waals surface area contributed by atoms with Gasteiger partial charge in [0.2, 0.25) is 10.0 Å². The number of aromatic nitrogens is 2. The van der Waals surface area contributed by atoms with E-state index in [2.05, 4.69) is 27.0 Å². The maximum atomic E-state index is 12.6. The van der Waals surface area contributed by atoms with Gasteiger partial charge in [-0.3, -0.25) is 9.69 Å². The zero-order valence-corrected chi connectivity index (χ0v) is 19.3. The lowest BCUT2D eigenvalue weighted by Crippen LogP contribution is -2.47. The van der Waals surface area contributed by atoms with Crippen LogP contribution in [-0.4, -0.2) is 60.0 Å². The van der Waals surface area contributed by atoms with Gasteiger partial charge in [-0.2, -0.15) is 4.31 Å². The van der Waals surface area contributed by atoms with E-state index in [-0.39, 0.29) is 18.0 Å². The number of sulfonamides is 1. The van der Waals surface area contributed by atoms with Crippen molar-refractivity contribution < 1.29 is 8.42 Å². The summed E-state index contributed by atoms with van der Waals surface area (Å²) in [5.74, 6) is 0. The summed E-state index contributed by atoms with van der Waals surface area (Å²) in [7, 11) is -3.12. The molecule has 2 aromatic carbocycles. The number of hydrogen-bond donors (Lipinski definition) is 2. The third-order valence-electron chi connectivity index (χ3n) is 5.94. The minimum absolute atomic E-state index is 0. The van der Waals surface area contributed by atoms with Crippen LogP contribution >= 0.6 is 12.4 Å². The summed E-state index contributed by atoms with van der Waals surface area (Å²) in [6.45, 7) is 3.26. The molecule has 0 unspecified atom stereocenters. The Kier molecular flexibility index (Phi) is 6.13. The standard InChI is InChI=1S/C23H24N4O3S.ClH/c1-31(29,30)27-10-8-26(9-11-27)15-16-6-7-21-18(12-16)14-22(24-21)19-13-17-4-2-3-5-20(17)25-23(19)28;/h2-7,12-14,24H,8-11,15H2,1H3,(H,25,28);1H. The van der Waals surface area contributed by atoms with Crippen molar-refractivity contribution in [2.45, 2.75) is 6.54 Å².